The SMILES string of the molecule is CC(Cc1ccc(Br)cc1)Nc1c(Cl)cc(Cl)cc1Cl. The van der Waals surface area contributed by atoms with Gasteiger partial charge in [0.05, 0.1) is 15.7 Å². The van der Waals surface area contributed by atoms with E-state index in [2.05, 4.69) is 40.3 Å². The van der Waals surface area contributed by atoms with E-state index in [0.717, 1.165) is 16.6 Å². The van der Waals surface area contributed by atoms with Crippen molar-refractivity contribution >= 4 is 56.4 Å². The van der Waals surface area contributed by atoms with Crippen LogP contribution in [0.25, 0.3) is 0 Å². The minimum atomic E-state index is 0.201. The molecule has 0 aliphatic heterocycles. The third kappa shape index (κ3) is 4.29. The van der Waals surface area contributed by atoms with Crippen molar-refractivity contribution in [2.45, 2.75) is 19.4 Å². The van der Waals surface area contributed by atoms with Crippen LogP contribution in [0, 0.1) is 0 Å². The summed E-state index contributed by atoms with van der Waals surface area (Å²) < 4.78 is 1.07. The lowest BCUT2D eigenvalue weighted by Gasteiger charge is -2.18. The van der Waals surface area contributed by atoms with Crippen molar-refractivity contribution in [2.75, 3.05) is 5.32 Å². The molecule has 1 unspecified atom stereocenters. The van der Waals surface area contributed by atoms with Gasteiger partial charge in [-0.1, -0.05) is 62.9 Å². The highest BCUT2D eigenvalue weighted by atomic mass is 79.9. The molecule has 2 aromatic rings. The molecule has 0 spiro atoms. The number of anilines is 1. The van der Waals surface area contributed by atoms with Crippen LogP contribution in [0.4, 0.5) is 5.69 Å². The van der Waals surface area contributed by atoms with E-state index in [-0.39, 0.29) is 6.04 Å². The van der Waals surface area contributed by atoms with Crippen molar-refractivity contribution in [2.24, 2.45) is 0 Å². The number of nitrogens with one attached hydrogen (secondary N) is 1. The Bertz CT molecular complexity index is 576. The molecule has 0 aliphatic carbocycles. The Morgan fingerprint density at radius 1 is 1.05 bits per heavy atom. The molecule has 106 valence electrons. The largest absolute Gasteiger partial charge is 0.380 e. The summed E-state index contributed by atoms with van der Waals surface area (Å²) in [5.41, 5.74) is 1.97. The average Bonchev–Trinajstić information content (AvgIpc) is 2.36. The van der Waals surface area contributed by atoms with Gasteiger partial charge in [0.1, 0.15) is 0 Å². The lowest BCUT2D eigenvalue weighted by Crippen LogP contribution is -2.18. The molecule has 1 N–H and O–H groups in total. The molecule has 0 heterocycles. The van der Waals surface area contributed by atoms with E-state index < -0.39 is 0 Å². The summed E-state index contributed by atoms with van der Waals surface area (Å²) >= 11 is 21.7. The Morgan fingerprint density at radius 3 is 2.15 bits per heavy atom. The van der Waals surface area contributed by atoms with Gasteiger partial charge in [0.15, 0.2) is 0 Å². The van der Waals surface area contributed by atoms with Crippen molar-refractivity contribution in [1.29, 1.82) is 0 Å². The summed E-state index contributed by atoms with van der Waals surface area (Å²) in [6.45, 7) is 2.09. The van der Waals surface area contributed by atoms with Gasteiger partial charge in [-0.05, 0) is 43.2 Å². The zero-order valence-corrected chi connectivity index (χ0v) is 14.6. The predicted molar refractivity (Wildman–Crippen MR) is 92.4 cm³/mol. The first-order chi connectivity index (χ1) is 9.45. The molecule has 0 bridgehead atoms. The summed E-state index contributed by atoms with van der Waals surface area (Å²) in [6, 6.07) is 11.8. The molecule has 0 fully saturated rings. The van der Waals surface area contributed by atoms with Crippen LogP contribution in [-0.2, 0) is 6.42 Å². The maximum Gasteiger partial charge on any atom is 0.0722 e. The van der Waals surface area contributed by atoms with E-state index >= 15 is 0 Å². The van der Waals surface area contributed by atoms with Crippen molar-refractivity contribution in [3.05, 3.63) is 61.5 Å². The first kappa shape index (κ1) is 16.0. The van der Waals surface area contributed by atoms with Crippen LogP contribution < -0.4 is 5.32 Å². The molecule has 2 rings (SSSR count). The van der Waals surface area contributed by atoms with Gasteiger partial charge in [-0.25, -0.2) is 0 Å². The molecule has 5 heteroatoms. The Morgan fingerprint density at radius 2 is 1.60 bits per heavy atom. The van der Waals surface area contributed by atoms with Gasteiger partial charge in [-0.2, -0.15) is 0 Å². The van der Waals surface area contributed by atoms with Crippen LogP contribution in [0.5, 0.6) is 0 Å². The third-order valence-corrected chi connectivity index (χ3v) is 4.20. The molecule has 1 nitrogen and oxygen atoms in total. The maximum atomic E-state index is 6.17. The van der Waals surface area contributed by atoms with Gasteiger partial charge < -0.3 is 5.32 Å². The van der Waals surface area contributed by atoms with Crippen LogP contribution in [0.2, 0.25) is 15.1 Å². The van der Waals surface area contributed by atoms with Crippen LogP contribution in [0.15, 0.2) is 40.9 Å². The second kappa shape index (κ2) is 7.04. The quantitative estimate of drug-likeness (QED) is 0.629. The first-order valence-electron chi connectivity index (χ1n) is 6.11. The Labute approximate surface area is 142 Å². The van der Waals surface area contributed by atoms with E-state index in [0.29, 0.717) is 15.1 Å². The summed E-state index contributed by atoms with van der Waals surface area (Å²) in [5.74, 6) is 0. The summed E-state index contributed by atoms with van der Waals surface area (Å²) in [6.07, 6.45) is 0.878. The molecule has 0 amide bonds. The van der Waals surface area contributed by atoms with E-state index in [1.165, 1.54) is 5.56 Å². The molecule has 1 atom stereocenters. The topological polar surface area (TPSA) is 12.0 Å². The fourth-order valence-corrected chi connectivity index (χ4v) is 3.14. The van der Waals surface area contributed by atoms with Crippen molar-refractivity contribution in [3.8, 4) is 0 Å². The van der Waals surface area contributed by atoms with Crippen LogP contribution in [0.1, 0.15) is 12.5 Å². The van der Waals surface area contributed by atoms with Crippen molar-refractivity contribution < 1.29 is 0 Å². The monoisotopic (exact) mass is 391 g/mol. The van der Waals surface area contributed by atoms with Crippen LogP contribution in [-0.4, -0.2) is 6.04 Å². The fraction of sp³-hybridized carbons (Fsp3) is 0.200. The van der Waals surface area contributed by atoms with E-state index in [1.807, 2.05) is 12.1 Å². The molecule has 2 aromatic carbocycles. The van der Waals surface area contributed by atoms with E-state index in [1.54, 1.807) is 12.1 Å². The normalized spacial score (nSPS) is 12.2. The number of halogens is 4. The van der Waals surface area contributed by atoms with Crippen LogP contribution >= 0.6 is 50.7 Å². The highest BCUT2D eigenvalue weighted by Crippen LogP contribution is 2.34. The van der Waals surface area contributed by atoms with Crippen LogP contribution in [0.3, 0.4) is 0 Å². The molecule has 0 saturated carbocycles. The standard InChI is InChI=1S/C15H13BrCl3N/c1-9(6-10-2-4-11(16)5-3-10)20-15-13(18)7-12(17)8-14(15)19/h2-5,7-9,20H,6H2,1H3. The summed E-state index contributed by atoms with van der Waals surface area (Å²) in [7, 11) is 0. The van der Waals surface area contributed by atoms with Gasteiger partial charge in [-0.3, -0.25) is 0 Å². The number of rotatable bonds is 4. The van der Waals surface area contributed by atoms with Gasteiger partial charge in [0.2, 0.25) is 0 Å². The molecular weight excluding hydrogens is 380 g/mol. The van der Waals surface area contributed by atoms with E-state index in [9.17, 15) is 0 Å². The lowest BCUT2D eigenvalue weighted by atomic mass is 10.1. The zero-order valence-electron chi connectivity index (χ0n) is 10.8. The molecule has 0 aromatic heterocycles. The fourth-order valence-electron chi connectivity index (χ4n) is 1.95. The molecular formula is C15H13BrCl3N. The molecule has 0 aliphatic rings. The van der Waals surface area contributed by atoms with E-state index in [4.69, 9.17) is 34.8 Å². The van der Waals surface area contributed by atoms with Gasteiger partial charge in [-0.15, -0.1) is 0 Å². The summed E-state index contributed by atoms with van der Waals surface area (Å²) in [5, 5.41) is 4.93. The average molecular weight is 394 g/mol. The Kier molecular flexibility index (Phi) is 5.62. The third-order valence-electron chi connectivity index (χ3n) is 2.85. The van der Waals surface area contributed by atoms with Gasteiger partial charge in [0, 0.05) is 15.5 Å². The first-order valence-corrected chi connectivity index (χ1v) is 8.04. The molecule has 0 radical (unpaired) electrons. The van der Waals surface area contributed by atoms with Crippen molar-refractivity contribution in [1.82, 2.24) is 0 Å². The van der Waals surface area contributed by atoms with Gasteiger partial charge >= 0.3 is 0 Å². The minimum Gasteiger partial charge on any atom is -0.380 e. The minimum absolute atomic E-state index is 0.201. The highest BCUT2D eigenvalue weighted by Gasteiger charge is 2.11. The van der Waals surface area contributed by atoms with Crippen molar-refractivity contribution in [3.63, 3.8) is 0 Å². The second-order valence-corrected chi connectivity index (χ2v) is 6.79. The van der Waals surface area contributed by atoms with Gasteiger partial charge in [0.25, 0.3) is 0 Å². The zero-order chi connectivity index (χ0) is 14.7. The lowest BCUT2D eigenvalue weighted by molar-refractivity contribution is 0.790. The molecule has 0 saturated heterocycles. The number of hydrogen-bond acceptors (Lipinski definition) is 1. The Hall–Kier alpha value is -0.410. The molecule has 20 heavy (non-hydrogen) atoms. The smallest absolute Gasteiger partial charge is 0.0722 e. The number of benzene rings is 2. The predicted octanol–water partition coefficient (Wildman–Crippen LogP) is 6.45. The summed E-state index contributed by atoms with van der Waals surface area (Å²) in [4.78, 5) is 0. The second-order valence-electron chi connectivity index (χ2n) is 4.62. The number of hydrogen-bond donors (Lipinski definition) is 1. The maximum absolute atomic E-state index is 6.17. The highest BCUT2D eigenvalue weighted by molar-refractivity contribution is 9.10. The Balaban J connectivity index is 2.08.